The van der Waals surface area contributed by atoms with Crippen LogP contribution in [0.1, 0.15) is 68.2 Å². The van der Waals surface area contributed by atoms with E-state index in [4.69, 9.17) is 14.6 Å². The lowest BCUT2D eigenvalue weighted by Crippen LogP contribution is -2.47. The first-order valence-corrected chi connectivity index (χ1v) is 8.91. The fourth-order valence-electron chi connectivity index (χ4n) is 2.79. The van der Waals surface area contributed by atoms with E-state index in [1.807, 2.05) is 6.92 Å². The van der Waals surface area contributed by atoms with Gasteiger partial charge in [-0.3, -0.25) is 0 Å². The predicted octanol–water partition coefficient (Wildman–Crippen LogP) is 4.05. The van der Waals surface area contributed by atoms with E-state index in [1.165, 1.54) is 0 Å². The van der Waals surface area contributed by atoms with E-state index in [0.717, 1.165) is 12.8 Å². The van der Waals surface area contributed by atoms with Gasteiger partial charge >= 0.3 is 5.97 Å². The second-order valence-corrected chi connectivity index (χ2v) is 8.04. The topological polar surface area (TPSA) is 55.8 Å². The molecule has 0 saturated carbocycles. The highest BCUT2D eigenvalue weighted by molar-refractivity contribution is 5.71. The van der Waals surface area contributed by atoms with Crippen LogP contribution in [0.3, 0.4) is 0 Å². The Bertz CT molecular complexity index is 349. The van der Waals surface area contributed by atoms with Crippen LogP contribution in [0.5, 0.6) is 0 Å². The average Bonchev–Trinajstić information content (AvgIpc) is 2.44. The molecule has 0 aromatic heterocycles. The zero-order valence-electron chi connectivity index (χ0n) is 16.4. The molecule has 0 bridgehead atoms. The van der Waals surface area contributed by atoms with E-state index in [9.17, 15) is 4.79 Å². The van der Waals surface area contributed by atoms with Gasteiger partial charge in [0.1, 0.15) is 12.2 Å². The van der Waals surface area contributed by atoms with Crippen molar-refractivity contribution >= 4 is 5.97 Å². The number of hydrogen-bond acceptors (Lipinski definition) is 4. The van der Waals surface area contributed by atoms with Crippen molar-refractivity contribution in [2.45, 2.75) is 73.8 Å². The van der Waals surface area contributed by atoms with E-state index in [0.29, 0.717) is 11.8 Å². The van der Waals surface area contributed by atoms with Crippen LogP contribution in [-0.4, -0.2) is 36.5 Å². The van der Waals surface area contributed by atoms with E-state index in [1.54, 1.807) is 0 Å². The quantitative estimate of drug-likeness (QED) is 0.458. The van der Waals surface area contributed by atoms with Gasteiger partial charge in [-0.1, -0.05) is 48.5 Å². The number of carbonyl (C=O) groups excluding carboxylic acids is 1. The van der Waals surface area contributed by atoms with Gasteiger partial charge in [-0.2, -0.15) is 0 Å². The third-order valence-electron chi connectivity index (χ3n) is 5.57. The molecule has 0 aromatic carbocycles. The minimum atomic E-state index is -0.513. The third kappa shape index (κ3) is 6.80. The predicted molar refractivity (Wildman–Crippen MR) is 94.3 cm³/mol. The molecule has 0 amide bonds. The highest BCUT2D eigenvalue weighted by Gasteiger charge is 2.42. The van der Waals surface area contributed by atoms with Crippen LogP contribution in [0, 0.1) is 23.2 Å². The van der Waals surface area contributed by atoms with Crippen molar-refractivity contribution in [2.75, 3.05) is 19.8 Å². The Kier molecular flexibility index (Phi) is 9.37. The molecule has 2 unspecified atom stereocenters. The average molecular weight is 331 g/mol. The van der Waals surface area contributed by atoms with Gasteiger partial charge in [0.25, 0.3) is 0 Å². The Labute approximate surface area is 142 Å². The molecule has 0 spiro atoms. The van der Waals surface area contributed by atoms with Crippen LogP contribution in [0.15, 0.2) is 0 Å². The van der Waals surface area contributed by atoms with Crippen molar-refractivity contribution < 1.29 is 19.4 Å². The lowest BCUT2D eigenvalue weighted by atomic mass is 9.67. The molecule has 0 aromatic rings. The summed E-state index contributed by atoms with van der Waals surface area (Å²) in [5, 5.41) is 8.73. The Balaban J connectivity index is 5.11. The molecule has 23 heavy (non-hydrogen) atoms. The summed E-state index contributed by atoms with van der Waals surface area (Å²) in [6.07, 6.45) is 1.98. The highest BCUT2D eigenvalue weighted by Crippen LogP contribution is 2.42. The normalized spacial score (nSPS) is 16.5. The Morgan fingerprint density at radius 3 is 2.04 bits per heavy atom. The van der Waals surface area contributed by atoms with Crippen molar-refractivity contribution in [1.29, 1.82) is 0 Å². The first kappa shape index (κ1) is 22.4. The molecular weight excluding hydrogens is 292 g/mol. The summed E-state index contributed by atoms with van der Waals surface area (Å²) in [4.78, 5) is 12.1. The molecular formula is C19H38O4. The fourth-order valence-corrected chi connectivity index (χ4v) is 2.79. The number of hydrogen-bond donors (Lipinski definition) is 1. The van der Waals surface area contributed by atoms with E-state index in [-0.39, 0.29) is 37.1 Å². The van der Waals surface area contributed by atoms with Gasteiger partial charge in [0.2, 0.25) is 0 Å². The molecule has 0 fully saturated rings. The van der Waals surface area contributed by atoms with Crippen LogP contribution in [-0.2, 0) is 14.3 Å². The number of carbonyl (C=O) groups is 1. The largest absolute Gasteiger partial charge is 0.457 e. The van der Waals surface area contributed by atoms with Crippen molar-refractivity contribution in [3.05, 3.63) is 0 Å². The van der Waals surface area contributed by atoms with Gasteiger partial charge < -0.3 is 14.6 Å². The maximum absolute atomic E-state index is 12.1. The molecule has 4 heteroatoms. The van der Waals surface area contributed by atoms with Crippen LogP contribution in [0.2, 0.25) is 0 Å². The van der Waals surface area contributed by atoms with Crippen LogP contribution >= 0.6 is 0 Å². The molecule has 0 aliphatic carbocycles. The van der Waals surface area contributed by atoms with Crippen molar-refractivity contribution in [3.63, 3.8) is 0 Å². The third-order valence-corrected chi connectivity index (χ3v) is 5.57. The summed E-state index contributed by atoms with van der Waals surface area (Å²) in [6.45, 7) is 17.4. The SMILES string of the molecule is CCC(CC(C)(C)C(C)C)C(C)(OC(=O)COCCO)C(C)C. The molecule has 0 rings (SSSR count). The molecule has 4 nitrogen and oxygen atoms in total. The van der Waals surface area contributed by atoms with Gasteiger partial charge in [0.15, 0.2) is 0 Å². The second-order valence-electron chi connectivity index (χ2n) is 8.04. The summed E-state index contributed by atoms with van der Waals surface area (Å²) >= 11 is 0. The van der Waals surface area contributed by atoms with Crippen molar-refractivity contribution in [2.24, 2.45) is 23.2 Å². The van der Waals surface area contributed by atoms with E-state index in [2.05, 4.69) is 48.5 Å². The molecule has 0 aliphatic rings. The summed E-state index contributed by atoms with van der Waals surface area (Å²) in [7, 11) is 0. The van der Waals surface area contributed by atoms with E-state index < -0.39 is 5.60 Å². The van der Waals surface area contributed by atoms with Crippen molar-refractivity contribution in [1.82, 2.24) is 0 Å². The molecule has 1 N–H and O–H groups in total. The van der Waals surface area contributed by atoms with Crippen molar-refractivity contribution in [3.8, 4) is 0 Å². The lowest BCUT2D eigenvalue weighted by Gasteiger charge is -2.44. The summed E-state index contributed by atoms with van der Waals surface area (Å²) in [5.74, 6) is 0.728. The van der Waals surface area contributed by atoms with Gasteiger partial charge in [0, 0.05) is 0 Å². The van der Waals surface area contributed by atoms with Crippen LogP contribution < -0.4 is 0 Å². The van der Waals surface area contributed by atoms with Gasteiger partial charge in [-0.05, 0) is 42.9 Å². The molecule has 0 saturated heterocycles. The Morgan fingerprint density at radius 1 is 1.09 bits per heavy atom. The zero-order chi connectivity index (χ0) is 18.3. The number of aliphatic hydroxyl groups is 1. The number of esters is 1. The van der Waals surface area contributed by atoms with Crippen LogP contribution in [0.4, 0.5) is 0 Å². The minimum absolute atomic E-state index is 0.0884. The zero-order valence-corrected chi connectivity index (χ0v) is 16.4. The number of ether oxygens (including phenoxy) is 2. The first-order valence-electron chi connectivity index (χ1n) is 8.91. The Hall–Kier alpha value is -0.610. The highest BCUT2D eigenvalue weighted by atomic mass is 16.6. The number of rotatable bonds is 11. The Morgan fingerprint density at radius 2 is 1.65 bits per heavy atom. The fraction of sp³-hybridized carbons (Fsp3) is 0.947. The lowest BCUT2D eigenvalue weighted by molar-refractivity contribution is -0.178. The van der Waals surface area contributed by atoms with Gasteiger partial charge in [-0.15, -0.1) is 0 Å². The summed E-state index contributed by atoms with van der Waals surface area (Å²) in [5.41, 5.74) is -0.322. The maximum Gasteiger partial charge on any atom is 0.332 e. The molecule has 2 atom stereocenters. The minimum Gasteiger partial charge on any atom is -0.457 e. The monoisotopic (exact) mass is 330 g/mol. The molecule has 0 radical (unpaired) electrons. The first-order chi connectivity index (χ1) is 10.5. The maximum atomic E-state index is 12.1. The van der Waals surface area contributed by atoms with Gasteiger partial charge in [-0.25, -0.2) is 4.79 Å². The number of aliphatic hydroxyl groups excluding tert-OH is 1. The van der Waals surface area contributed by atoms with E-state index >= 15 is 0 Å². The standard InChI is InChI=1S/C19H38O4/c1-9-16(12-18(6,7)14(2)3)19(8,15(4)5)23-17(21)13-22-11-10-20/h14-16,20H,9-13H2,1-8H3. The summed E-state index contributed by atoms with van der Waals surface area (Å²) in [6, 6.07) is 0. The smallest absolute Gasteiger partial charge is 0.332 e. The summed E-state index contributed by atoms with van der Waals surface area (Å²) < 4.78 is 11.0. The van der Waals surface area contributed by atoms with Crippen LogP contribution in [0.25, 0.3) is 0 Å². The second kappa shape index (κ2) is 9.63. The van der Waals surface area contributed by atoms with Gasteiger partial charge in [0.05, 0.1) is 13.2 Å². The molecule has 0 aliphatic heterocycles. The molecule has 0 heterocycles. The molecule has 138 valence electrons.